The van der Waals surface area contributed by atoms with Crippen LogP contribution >= 0.6 is 0 Å². The average molecular weight is 274 g/mol. The second-order valence-corrected chi connectivity index (χ2v) is 3.45. The maximum absolute atomic E-state index is 4.15. The van der Waals surface area contributed by atoms with Crippen LogP contribution in [0.1, 0.15) is 17.0 Å². The molecule has 0 aliphatic heterocycles. The summed E-state index contributed by atoms with van der Waals surface area (Å²) >= 11 is 0. The van der Waals surface area contributed by atoms with E-state index in [1.165, 1.54) is 11.3 Å². The number of imidazole rings is 1. The van der Waals surface area contributed by atoms with Crippen molar-refractivity contribution in [3.63, 3.8) is 0 Å². The van der Waals surface area contributed by atoms with Crippen molar-refractivity contribution in [3.8, 4) is 0 Å². The SMILES string of the molecule is Cc1n[c-]n(Cc2ccccc2)c1C.[Y]. The molecule has 0 amide bonds. The predicted octanol–water partition coefficient (Wildman–Crippen LogP) is 2.35. The third kappa shape index (κ3) is 2.99. The Balaban J connectivity index is 0.00000112. The van der Waals surface area contributed by atoms with Crippen molar-refractivity contribution in [1.82, 2.24) is 9.55 Å². The van der Waals surface area contributed by atoms with Gasteiger partial charge in [0.15, 0.2) is 0 Å². The molecule has 0 aliphatic rings. The van der Waals surface area contributed by atoms with Crippen molar-refractivity contribution in [2.24, 2.45) is 0 Å². The molecule has 0 fully saturated rings. The number of aryl methyl sites for hydroxylation is 1. The van der Waals surface area contributed by atoms with Gasteiger partial charge < -0.3 is 9.55 Å². The van der Waals surface area contributed by atoms with Crippen LogP contribution in [-0.2, 0) is 39.3 Å². The fraction of sp³-hybridized carbons (Fsp3) is 0.250. The summed E-state index contributed by atoms with van der Waals surface area (Å²) in [5.74, 6) is 0. The number of aromatic nitrogens is 2. The van der Waals surface area contributed by atoms with E-state index in [1.54, 1.807) is 0 Å². The molecule has 0 unspecified atom stereocenters. The van der Waals surface area contributed by atoms with Crippen LogP contribution in [0, 0.1) is 20.2 Å². The zero-order valence-corrected chi connectivity index (χ0v) is 11.9. The number of nitrogens with zero attached hydrogens (tertiary/aromatic N) is 2. The molecular weight excluding hydrogens is 261 g/mol. The molecule has 1 aromatic heterocycles. The van der Waals surface area contributed by atoms with Gasteiger partial charge in [0.05, 0.1) is 0 Å². The van der Waals surface area contributed by atoms with Gasteiger partial charge in [-0.25, -0.2) is 0 Å². The first-order chi connectivity index (χ1) is 6.77. The Labute approximate surface area is 116 Å². The molecule has 1 aromatic carbocycles. The van der Waals surface area contributed by atoms with Crippen molar-refractivity contribution in [2.45, 2.75) is 20.4 Å². The minimum atomic E-state index is 0. The quantitative estimate of drug-likeness (QED) is 0.769. The molecule has 1 radical (unpaired) electrons. The second kappa shape index (κ2) is 5.57. The molecule has 0 saturated heterocycles. The van der Waals surface area contributed by atoms with Crippen LogP contribution < -0.4 is 0 Å². The van der Waals surface area contributed by atoms with Crippen molar-refractivity contribution < 1.29 is 32.7 Å². The number of hydrogen-bond acceptors (Lipinski definition) is 1. The zero-order chi connectivity index (χ0) is 9.97. The summed E-state index contributed by atoms with van der Waals surface area (Å²) in [5, 5.41) is 0. The van der Waals surface area contributed by atoms with Gasteiger partial charge in [0, 0.05) is 45.6 Å². The molecule has 0 spiro atoms. The average Bonchev–Trinajstić information content (AvgIpc) is 2.52. The number of benzene rings is 1. The van der Waals surface area contributed by atoms with Crippen LogP contribution in [-0.4, -0.2) is 9.55 Å². The molecule has 15 heavy (non-hydrogen) atoms. The fourth-order valence-electron chi connectivity index (χ4n) is 1.41. The van der Waals surface area contributed by atoms with Crippen LogP contribution in [0.2, 0.25) is 0 Å². The maximum Gasteiger partial charge on any atom is 0.0249 e. The van der Waals surface area contributed by atoms with Crippen LogP contribution in [0.15, 0.2) is 30.3 Å². The largest absolute Gasteiger partial charge is 0.448 e. The molecule has 2 rings (SSSR count). The van der Waals surface area contributed by atoms with Gasteiger partial charge in [-0.2, -0.15) is 0 Å². The first kappa shape index (κ1) is 12.6. The minimum absolute atomic E-state index is 0. The third-order valence-corrected chi connectivity index (χ3v) is 2.45. The van der Waals surface area contributed by atoms with Gasteiger partial charge in [-0.15, -0.1) is 5.69 Å². The summed E-state index contributed by atoms with van der Waals surface area (Å²) in [5.41, 5.74) is 3.53. The van der Waals surface area contributed by atoms with Crippen molar-refractivity contribution in [1.29, 1.82) is 0 Å². The van der Waals surface area contributed by atoms with Gasteiger partial charge >= 0.3 is 0 Å². The summed E-state index contributed by atoms with van der Waals surface area (Å²) in [6.45, 7) is 4.93. The Kier molecular flexibility index (Phi) is 4.68. The monoisotopic (exact) mass is 274 g/mol. The van der Waals surface area contributed by atoms with Crippen molar-refractivity contribution in [3.05, 3.63) is 53.6 Å². The number of rotatable bonds is 2. The first-order valence-electron chi connectivity index (χ1n) is 4.72. The van der Waals surface area contributed by atoms with E-state index in [4.69, 9.17) is 0 Å². The topological polar surface area (TPSA) is 17.8 Å². The Bertz CT molecular complexity index is 420. The predicted molar refractivity (Wildman–Crippen MR) is 56.1 cm³/mol. The molecule has 2 nitrogen and oxygen atoms in total. The van der Waals surface area contributed by atoms with Crippen LogP contribution in [0.3, 0.4) is 0 Å². The summed E-state index contributed by atoms with van der Waals surface area (Å²) < 4.78 is 2.05. The molecule has 0 bridgehead atoms. The van der Waals surface area contributed by atoms with E-state index in [1.807, 2.05) is 17.6 Å². The molecular formula is C12H13N2Y-. The molecule has 0 saturated carbocycles. The van der Waals surface area contributed by atoms with E-state index >= 15 is 0 Å². The minimum Gasteiger partial charge on any atom is -0.448 e. The fourth-order valence-corrected chi connectivity index (χ4v) is 1.41. The second-order valence-electron chi connectivity index (χ2n) is 3.45. The van der Waals surface area contributed by atoms with Gasteiger partial charge in [-0.1, -0.05) is 49.9 Å². The molecule has 0 atom stereocenters. The number of hydrogen-bond donors (Lipinski definition) is 0. The molecule has 1 heterocycles. The standard InChI is InChI=1S/C12H13N2.Y/c1-10-11(2)14(9-13-10)8-12-6-4-3-5-7-12;/h3-7H,8H2,1-2H3;/q-1;. The van der Waals surface area contributed by atoms with E-state index in [0.29, 0.717) is 0 Å². The third-order valence-electron chi connectivity index (χ3n) is 2.45. The van der Waals surface area contributed by atoms with Gasteiger partial charge in [0.2, 0.25) is 0 Å². The molecule has 0 aliphatic carbocycles. The van der Waals surface area contributed by atoms with Crippen LogP contribution in [0.5, 0.6) is 0 Å². The Morgan fingerprint density at radius 1 is 1.20 bits per heavy atom. The molecule has 3 heteroatoms. The van der Waals surface area contributed by atoms with E-state index in [-0.39, 0.29) is 32.7 Å². The van der Waals surface area contributed by atoms with Gasteiger partial charge in [0.1, 0.15) is 0 Å². The van der Waals surface area contributed by atoms with Crippen molar-refractivity contribution in [2.75, 3.05) is 0 Å². The summed E-state index contributed by atoms with van der Waals surface area (Å²) in [6.07, 6.45) is 2.99. The van der Waals surface area contributed by atoms with Crippen LogP contribution in [0.4, 0.5) is 0 Å². The normalized spacial score (nSPS) is 9.73. The van der Waals surface area contributed by atoms with E-state index in [9.17, 15) is 0 Å². The first-order valence-corrected chi connectivity index (χ1v) is 4.72. The molecule has 0 N–H and O–H groups in total. The van der Waals surface area contributed by atoms with Crippen molar-refractivity contribution >= 4 is 0 Å². The van der Waals surface area contributed by atoms with Gasteiger partial charge in [-0.3, -0.25) is 0 Å². The summed E-state index contributed by atoms with van der Waals surface area (Å²) in [6, 6.07) is 10.4. The molecule has 75 valence electrons. The van der Waals surface area contributed by atoms with Gasteiger partial charge in [-0.05, 0) is 5.56 Å². The molecule has 2 aromatic rings. The van der Waals surface area contributed by atoms with Gasteiger partial charge in [0.25, 0.3) is 0 Å². The van der Waals surface area contributed by atoms with E-state index < -0.39 is 0 Å². The zero-order valence-electron chi connectivity index (χ0n) is 9.07. The Morgan fingerprint density at radius 3 is 2.40 bits per heavy atom. The maximum atomic E-state index is 4.15. The van der Waals surface area contributed by atoms with Crippen LogP contribution in [0.25, 0.3) is 0 Å². The summed E-state index contributed by atoms with van der Waals surface area (Å²) in [4.78, 5) is 4.15. The van der Waals surface area contributed by atoms with E-state index in [0.717, 1.165) is 12.2 Å². The van der Waals surface area contributed by atoms with E-state index in [2.05, 4.69) is 42.5 Å². The Hall–Kier alpha value is -0.466. The summed E-state index contributed by atoms with van der Waals surface area (Å²) in [7, 11) is 0. The smallest absolute Gasteiger partial charge is 0.0249 e. The Morgan fingerprint density at radius 2 is 1.87 bits per heavy atom.